The lowest BCUT2D eigenvalue weighted by Gasteiger charge is -2.11. The van der Waals surface area contributed by atoms with Crippen molar-refractivity contribution in [3.63, 3.8) is 0 Å². The van der Waals surface area contributed by atoms with E-state index in [-0.39, 0.29) is 35.8 Å². The molecular formula is C12H15N3O5. The normalized spacial score (nSPS) is 9.90. The third-order valence-corrected chi connectivity index (χ3v) is 2.59. The van der Waals surface area contributed by atoms with Gasteiger partial charge in [-0.3, -0.25) is 14.9 Å². The summed E-state index contributed by atoms with van der Waals surface area (Å²) in [6.45, 7) is 0.181. The third-order valence-electron chi connectivity index (χ3n) is 2.59. The van der Waals surface area contributed by atoms with Gasteiger partial charge in [0.15, 0.2) is 0 Å². The van der Waals surface area contributed by atoms with Crippen LogP contribution in [0.25, 0.3) is 0 Å². The van der Waals surface area contributed by atoms with E-state index in [2.05, 4.69) is 5.32 Å². The van der Waals surface area contributed by atoms with E-state index in [9.17, 15) is 19.7 Å². The standard InChI is InChI=1S/C12H15N3O5/c1-14(2)11(16)5-6-13-9-7-8(12(17)18)3-4-10(9)15(19)20/h3-4,7,13H,5-6H2,1-2H3,(H,17,18). The summed E-state index contributed by atoms with van der Waals surface area (Å²) in [6, 6.07) is 3.47. The number of carboxylic acid groups (broad SMARTS) is 1. The minimum absolute atomic E-state index is 0.0583. The molecule has 2 N–H and O–H groups in total. The predicted molar refractivity (Wildman–Crippen MR) is 71.9 cm³/mol. The zero-order chi connectivity index (χ0) is 15.3. The van der Waals surface area contributed by atoms with Crippen LogP contribution in [0, 0.1) is 10.1 Å². The molecule has 0 aliphatic carbocycles. The van der Waals surface area contributed by atoms with E-state index < -0.39 is 10.9 Å². The molecule has 0 saturated carbocycles. The van der Waals surface area contributed by atoms with E-state index in [1.54, 1.807) is 14.1 Å². The summed E-state index contributed by atoms with van der Waals surface area (Å²) >= 11 is 0. The van der Waals surface area contributed by atoms with Gasteiger partial charge in [-0.25, -0.2) is 4.79 Å². The molecule has 20 heavy (non-hydrogen) atoms. The Morgan fingerprint density at radius 3 is 2.55 bits per heavy atom. The second-order valence-corrected chi connectivity index (χ2v) is 4.26. The van der Waals surface area contributed by atoms with Gasteiger partial charge in [0.2, 0.25) is 5.91 Å². The number of carboxylic acids is 1. The van der Waals surface area contributed by atoms with Crippen molar-refractivity contribution in [1.29, 1.82) is 0 Å². The first-order valence-corrected chi connectivity index (χ1v) is 5.78. The lowest BCUT2D eigenvalue weighted by Crippen LogP contribution is -2.24. The van der Waals surface area contributed by atoms with E-state index in [4.69, 9.17) is 5.11 Å². The number of aromatic carboxylic acids is 1. The van der Waals surface area contributed by atoms with E-state index in [0.29, 0.717) is 0 Å². The Labute approximate surface area is 115 Å². The average molecular weight is 281 g/mol. The molecule has 0 atom stereocenters. The van der Waals surface area contributed by atoms with Crippen LogP contribution < -0.4 is 5.32 Å². The average Bonchev–Trinajstić information content (AvgIpc) is 2.37. The maximum absolute atomic E-state index is 11.4. The number of hydrogen-bond acceptors (Lipinski definition) is 5. The van der Waals surface area contributed by atoms with Gasteiger partial charge in [-0.15, -0.1) is 0 Å². The number of nitrogens with one attached hydrogen (secondary N) is 1. The van der Waals surface area contributed by atoms with Crippen LogP contribution in [0.15, 0.2) is 18.2 Å². The number of amides is 1. The molecule has 0 aromatic heterocycles. The first kappa shape index (κ1) is 15.4. The van der Waals surface area contributed by atoms with Crippen LogP contribution in [0.1, 0.15) is 16.8 Å². The van der Waals surface area contributed by atoms with Crippen molar-refractivity contribution in [2.24, 2.45) is 0 Å². The molecule has 0 radical (unpaired) electrons. The number of benzene rings is 1. The highest BCUT2D eigenvalue weighted by Crippen LogP contribution is 2.25. The van der Waals surface area contributed by atoms with Crippen LogP contribution in [0.5, 0.6) is 0 Å². The molecule has 0 unspecified atom stereocenters. The van der Waals surface area contributed by atoms with Crippen molar-refractivity contribution >= 4 is 23.3 Å². The summed E-state index contributed by atoms with van der Waals surface area (Å²) in [7, 11) is 3.21. The van der Waals surface area contributed by atoms with Gasteiger partial charge >= 0.3 is 5.97 Å². The van der Waals surface area contributed by atoms with Gasteiger partial charge in [0.25, 0.3) is 5.69 Å². The summed E-state index contributed by atoms with van der Waals surface area (Å²) in [5.41, 5.74) is -0.203. The second-order valence-electron chi connectivity index (χ2n) is 4.26. The van der Waals surface area contributed by atoms with Crippen LogP contribution in [-0.4, -0.2) is 47.4 Å². The SMILES string of the molecule is CN(C)C(=O)CCNc1cc(C(=O)O)ccc1[N+](=O)[O-]. The van der Waals surface area contributed by atoms with Crippen LogP contribution in [0.3, 0.4) is 0 Å². The highest BCUT2D eigenvalue weighted by atomic mass is 16.6. The second kappa shape index (κ2) is 6.50. The third kappa shape index (κ3) is 3.94. The molecule has 0 fully saturated rings. The zero-order valence-electron chi connectivity index (χ0n) is 11.1. The first-order valence-electron chi connectivity index (χ1n) is 5.78. The molecular weight excluding hydrogens is 266 g/mol. The summed E-state index contributed by atoms with van der Waals surface area (Å²) in [5.74, 6) is -1.30. The fourth-order valence-corrected chi connectivity index (χ4v) is 1.50. The number of nitrogens with zero attached hydrogens (tertiary/aromatic N) is 2. The van der Waals surface area contributed by atoms with Crippen LogP contribution in [0.4, 0.5) is 11.4 Å². The molecule has 0 heterocycles. The molecule has 8 heteroatoms. The van der Waals surface area contributed by atoms with Crippen LogP contribution in [-0.2, 0) is 4.79 Å². The van der Waals surface area contributed by atoms with Gasteiger partial charge < -0.3 is 15.3 Å². The van der Waals surface area contributed by atoms with Gasteiger partial charge in [0, 0.05) is 33.1 Å². The number of anilines is 1. The minimum Gasteiger partial charge on any atom is -0.478 e. The quantitative estimate of drug-likeness (QED) is 0.598. The number of carbonyl (C=O) groups excluding carboxylic acids is 1. The van der Waals surface area contributed by atoms with Gasteiger partial charge in [0.05, 0.1) is 10.5 Å². The van der Waals surface area contributed by atoms with E-state index in [0.717, 1.165) is 12.1 Å². The largest absolute Gasteiger partial charge is 0.478 e. The fourth-order valence-electron chi connectivity index (χ4n) is 1.50. The smallest absolute Gasteiger partial charge is 0.335 e. The Morgan fingerprint density at radius 2 is 2.05 bits per heavy atom. The van der Waals surface area contributed by atoms with Gasteiger partial charge in [-0.1, -0.05) is 0 Å². The molecule has 1 rings (SSSR count). The Hall–Kier alpha value is -2.64. The number of carbonyl (C=O) groups is 2. The summed E-state index contributed by atoms with van der Waals surface area (Å²) in [5, 5.41) is 22.4. The molecule has 1 aromatic carbocycles. The minimum atomic E-state index is -1.17. The maximum atomic E-state index is 11.4. The first-order chi connectivity index (χ1) is 9.32. The lowest BCUT2D eigenvalue weighted by molar-refractivity contribution is -0.384. The summed E-state index contributed by atoms with van der Waals surface area (Å²) in [6.07, 6.45) is 0.154. The number of rotatable bonds is 6. The highest BCUT2D eigenvalue weighted by Gasteiger charge is 2.16. The monoisotopic (exact) mass is 281 g/mol. The Bertz CT molecular complexity index is 542. The number of nitro groups is 1. The highest BCUT2D eigenvalue weighted by molar-refractivity contribution is 5.90. The van der Waals surface area contributed by atoms with Crippen molar-refractivity contribution in [1.82, 2.24) is 4.90 Å². The number of hydrogen-bond donors (Lipinski definition) is 2. The molecule has 0 spiro atoms. The van der Waals surface area contributed by atoms with Crippen LogP contribution >= 0.6 is 0 Å². The Kier molecular flexibility index (Phi) is 5.01. The van der Waals surface area contributed by atoms with Gasteiger partial charge in [-0.05, 0) is 12.1 Å². The predicted octanol–water partition coefficient (Wildman–Crippen LogP) is 1.18. The maximum Gasteiger partial charge on any atom is 0.335 e. The topological polar surface area (TPSA) is 113 Å². The van der Waals surface area contributed by atoms with Gasteiger partial charge in [-0.2, -0.15) is 0 Å². The van der Waals surface area contributed by atoms with E-state index in [1.165, 1.54) is 11.0 Å². The zero-order valence-corrected chi connectivity index (χ0v) is 11.1. The Balaban J connectivity index is 2.85. The van der Waals surface area contributed by atoms with Crippen molar-refractivity contribution in [2.45, 2.75) is 6.42 Å². The Morgan fingerprint density at radius 1 is 1.40 bits per heavy atom. The summed E-state index contributed by atoms with van der Waals surface area (Å²) < 4.78 is 0. The van der Waals surface area contributed by atoms with Crippen LogP contribution in [0.2, 0.25) is 0 Å². The molecule has 1 amide bonds. The molecule has 8 nitrogen and oxygen atoms in total. The molecule has 1 aromatic rings. The van der Waals surface area contributed by atoms with Gasteiger partial charge in [0.1, 0.15) is 5.69 Å². The molecule has 108 valence electrons. The molecule has 0 bridgehead atoms. The lowest BCUT2D eigenvalue weighted by atomic mass is 10.1. The molecule has 0 saturated heterocycles. The summed E-state index contributed by atoms with van der Waals surface area (Å²) in [4.78, 5) is 33.9. The van der Waals surface area contributed by atoms with E-state index >= 15 is 0 Å². The molecule has 0 aliphatic rings. The van der Waals surface area contributed by atoms with Crippen molar-refractivity contribution in [3.8, 4) is 0 Å². The fraction of sp³-hybridized carbons (Fsp3) is 0.333. The van der Waals surface area contributed by atoms with E-state index in [1.807, 2.05) is 0 Å². The number of nitro benzene ring substituents is 1. The molecule has 0 aliphatic heterocycles. The van der Waals surface area contributed by atoms with Crippen molar-refractivity contribution in [2.75, 3.05) is 26.0 Å². The van der Waals surface area contributed by atoms with Crippen molar-refractivity contribution in [3.05, 3.63) is 33.9 Å². The van der Waals surface area contributed by atoms with Crippen molar-refractivity contribution < 1.29 is 19.6 Å².